The number of para-hydroxylation sites is 1. The normalized spacial score (nSPS) is 16.5. The van der Waals surface area contributed by atoms with Gasteiger partial charge in [-0.3, -0.25) is 9.36 Å². The molecule has 0 saturated heterocycles. The number of phenolic OH excluding ortho intramolecular Hbond substituents is 1. The molecule has 2 aliphatic rings. The highest BCUT2D eigenvalue weighted by atomic mass is 79.9. The molecule has 8 heteroatoms. The summed E-state index contributed by atoms with van der Waals surface area (Å²) in [5.74, 6) is 1.08. The molecule has 0 saturated carbocycles. The van der Waals surface area contributed by atoms with Crippen LogP contribution in [0.5, 0.6) is 17.2 Å². The smallest absolute Gasteiger partial charge is 0.271 e. The molecule has 0 radical (unpaired) electrons. The maximum absolute atomic E-state index is 14.0. The number of aromatic nitrogens is 1. The maximum atomic E-state index is 14.0. The van der Waals surface area contributed by atoms with Gasteiger partial charge >= 0.3 is 0 Å². The van der Waals surface area contributed by atoms with E-state index in [0.717, 1.165) is 46.6 Å². The first-order valence-corrected chi connectivity index (χ1v) is 13.4. The van der Waals surface area contributed by atoms with Crippen molar-refractivity contribution in [2.75, 3.05) is 14.2 Å². The number of aryl methyl sites for hydroxylation is 1. The molecule has 1 atom stereocenters. The summed E-state index contributed by atoms with van der Waals surface area (Å²) in [7, 11) is 3.15. The van der Waals surface area contributed by atoms with E-state index in [1.54, 1.807) is 23.8 Å². The Balaban J connectivity index is 1.63. The van der Waals surface area contributed by atoms with Crippen molar-refractivity contribution in [3.8, 4) is 17.2 Å². The molecule has 4 aromatic rings. The SMILES string of the molecule is COc1ccccc1C1C2=C(N=c3s/c(=C\c4cc(Br)c(O)c(OC)c4)c(=O)n31)c1ccccc1CC2. The van der Waals surface area contributed by atoms with Gasteiger partial charge < -0.3 is 14.6 Å². The average Bonchev–Trinajstić information content (AvgIpc) is 3.23. The average molecular weight is 575 g/mol. The van der Waals surface area contributed by atoms with Crippen molar-refractivity contribution in [3.63, 3.8) is 0 Å². The molecular formula is C29H23BrN2O4S. The molecule has 0 fully saturated rings. The van der Waals surface area contributed by atoms with Gasteiger partial charge in [-0.15, -0.1) is 0 Å². The predicted octanol–water partition coefficient (Wildman–Crippen LogP) is 4.80. The number of phenols is 1. The standard InChI is InChI=1S/C29H23BrN2O4S/c1-35-22-10-6-5-9-19(22)26-20-12-11-17-7-3-4-8-18(17)25(20)31-29-32(26)28(34)24(37-29)15-16-13-21(30)27(33)23(14-16)36-2/h3-10,13-15,26,33H,11-12H2,1-2H3/b24-15-. The summed E-state index contributed by atoms with van der Waals surface area (Å²) in [5.41, 5.74) is 6.00. The molecule has 1 unspecified atom stereocenters. The van der Waals surface area contributed by atoms with E-state index < -0.39 is 0 Å². The van der Waals surface area contributed by atoms with Crippen molar-refractivity contribution in [2.45, 2.75) is 18.9 Å². The Morgan fingerprint density at radius 1 is 1.05 bits per heavy atom. The predicted molar refractivity (Wildman–Crippen MR) is 148 cm³/mol. The third kappa shape index (κ3) is 3.91. The molecule has 186 valence electrons. The fourth-order valence-corrected chi connectivity index (χ4v) is 6.64. The van der Waals surface area contributed by atoms with Crippen LogP contribution in [0.25, 0.3) is 11.8 Å². The highest BCUT2D eigenvalue weighted by Gasteiger charge is 2.34. The highest BCUT2D eigenvalue weighted by Crippen LogP contribution is 2.43. The summed E-state index contributed by atoms with van der Waals surface area (Å²) in [6, 6.07) is 19.4. The second kappa shape index (κ2) is 9.36. The first-order chi connectivity index (χ1) is 18.0. The summed E-state index contributed by atoms with van der Waals surface area (Å²) < 4.78 is 13.9. The van der Waals surface area contributed by atoms with E-state index in [0.29, 0.717) is 19.6 Å². The van der Waals surface area contributed by atoms with Crippen molar-refractivity contribution in [1.29, 1.82) is 0 Å². The Kier molecular flexibility index (Phi) is 6.01. The molecule has 2 heterocycles. The van der Waals surface area contributed by atoms with Gasteiger partial charge in [0.05, 0.1) is 35.0 Å². The van der Waals surface area contributed by atoms with E-state index in [1.807, 2.05) is 36.4 Å². The number of rotatable bonds is 4. The second-order valence-electron chi connectivity index (χ2n) is 8.91. The quantitative estimate of drug-likeness (QED) is 0.380. The molecule has 0 bridgehead atoms. The van der Waals surface area contributed by atoms with E-state index in [1.165, 1.54) is 24.0 Å². The zero-order valence-corrected chi connectivity index (χ0v) is 22.6. The first-order valence-electron chi connectivity index (χ1n) is 11.8. The van der Waals surface area contributed by atoms with Crippen LogP contribution in [-0.4, -0.2) is 23.9 Å². The van der Waals surface area contributed by atoms with Crippen LogP contribution >= 0.6 is 27.3 Å². The van der Waals surface area contributed by atoms with Crippen LogP contribution in [0.4, 0.5) is 0 Å². The lowest BCUT2D eigenvalue weighted by Gasteiger charge is -2.31. The zero-order chi connectivity index (χ0) is 25.7. The molecule has 1 aliphatic heterocycles. The van der Waals surface area contributed by atoms with Gasteiger partial charge in [0.2, 0.25) is 0 Å². The van der Waals surface area contributed by atoms with Gasteiger partial charge in [0.1, 0.15) is 5.75 Å². The van der Waals surface area contributed by atoms with Crippen molar-refractivity contribution < 1.29 is 14.6 Å². The second-order valence-corrected chi connectivity index (χ2v) is 10.8. The minimum absolute atomic E-state index is 0.0172. The number of hydrogen-bond donors (Lipinski definition) is 1. The first kappa shape index (κ1) is 23.8. The lowest BCUT2D eigenvalue weighted by molar-refractivity contribution is 0.372. The fourth-order valence-electron chi connectivity index (χ4n) is 5.18. The summed E-state index contributed by atoms with van der Waals surface area (Å²) in [6.07, 6.45) is 3.51. The number of thiazole rings is 1. The van der Waals surface area contributed by atoms with Crippen molar-refractivity contribution >= 4 is 39.0 Å². The van der Waals surface area contributed by atoms with Crippen molar-refractivity contribution in [2.24, 2.45) is 4.99 Å². The van der Waals surface area contributed by atoms with Crippen molar-refractivity contribution in [1.82, 2.24) is 4.57 Å². The van der Waals surface area contributed by atoms with E-state index in [2.05, 4.69) is 34.1 Å². The number of allylic oxidation sites excluding steroid dienone is 1. The molecule has 0 spiro atoms. The summed E-state index contributed by atoms with van der Waals surface area (Å²) in [4.78, 5) is 19.7. The van der Waals surface area contributed by atoms with Crippen LogP contribution in [-0.2, 0) is 6.42 Å². The number of ether oxygens (including phenoxy) is 2. The maximum Gasteiger partial charge on any atom is 0.271 e. The molecule has 6 rings (SSSR count). The fraction of sp³-hybridized carbons (Fsp3) is 0.172. The lowest BCUT2D eigenvalue weighted by atomic mass is 9.83. The van der Waals surface area contributed by atoms with E-state index >= 15 is 0 Å². The summed E-state index contributed by atoms with van der Waals surface area (Å²) in [5, 5.41) is 10.2. The molecule has 37 heavy (non-hydrogen) atoms. The van der Waals surface area contributed by atoms with Gasteiger partial charge in [0.15, 0.2) is 16.3 Å². The Morgan fingerprint density at radius 2 is 1.81 bits per heavy atom. The number of methoxy groups -OCH3 is 2. The van der Waals surface area contributed by atoms with Gasteiger partial charge in [0.25, 0.3) is 5.56 Å². The van der Waals surface area contributed by atoms with Gasteiger partial charge in [-0.05, 0) is 69.7 Å². The third-order valence-corrected chi connectivity index (χ3v) is 8.46. The summed E-state index contributed by atoms with van der Waals surface area (Å²) >= 11 is 4.73. The number of benzene rings is 3. The number of hydrogen-bond acceptors (Lipinski definition) is 6. The number of halogens is 1. The van der Waals surface area contributed by atoms with Gasteiger partial charge in [-0.1, -0.05) is 53.8 Å². The van der Waals surface area contributed by atoms with Crippen LogP contribution in [0, 0.1) is 0 Å². The van der Waals surface area contributed by atoms with Crippen LogP contribution in [0.1, 0.15) is 34.7 Å². The van der Waals surface area contributed by atoms with Crippen LogP contribution in [0.15, 0.2) is 80.5 Å². The molecule has 1 aromatic heterocycles. The van der Waals surface area contributed by atoms with E-state index in [4.69, 9.17) is 14.5 Å². The van der Waals surface area contributed by atoms with E-state index in [-0.39, 0.29) is 17.4 Å². The Bertz CT molecular complexity index is 1770. The van der Waals surface area contributed by atoms with Crippen LogP contribution in [0.3, 0.4) is 0 Å². The topological polar surface area (TPSA) is 73.1 Å². The lowest BCUT2D eigenvalue weighted by Crippen LogP contribution is -2.39. The van der Waals surface area contributed by atoms with Gasteiger partial charge in [0, 0.05) is 11.1 Å². The van der Waals surface area contributed by atoms with Crippen LogP contribution in [0.2, 0.25) is 0 Å². The molecule has 1 aliphatic carbocycles. The molecule has 0 amide bonds. The largest absolute Gasteiger partial charge is 0.503 e. The number of aromatic hydroxyl groups is 1. The summed E-state index contributed by atoms with van der Waals surface area (Å²) in [6.45, 7) is 0. The molecule has 1 N–H and O–H groups in total. The molecular weight excluding hydrogens is 552 g/mol. The Morgan fingerprint density at radius 3 is 2.62 bits per heavy atom. The van der Waals surface area contributed by atoms with Gasteiger partial charge in [-0.25, -0.2) is 4.99 Å². The monoisotopic (exact) mass is 574 g/mol. The number of fused-ring (bicyclic) bond motifs is 3. The zero-order valence-electron chi connectivity index (χ0n) is 20.2. The third-order valence-electron chi connectivity index (χ3n) is 6.87. The highest BCUT2D eigenvalue weighted by molar-refractivity contribution is 9.10. The van der Waals surface area contributed by atoms with Crippen LogP contribution < -0.4 is 24.4 Å². The van der Waals surface area contributed by atoms with Gasteiger partial charge in [-0.2, -0.15) is 0 Å². The Hall–Kier alpha value is -3.62. The molecule has 3 aromatic carbocycles. The molecule has 6 nitrogen and oxygen atoms in total. The number of nitrogens with zero attached hydrogens (tertiary/aromatic N) is 2. The van der Waals surface area contributed by atoms with E-state index in [9.17, 15) is 9.90 Å². The van der Waals surface area contributed by atoms with Crippen molar-refractivity contribution in [3.05, 3.63) is 113 Å². The minimum Gasteiger partial charge on any atom is -0.503 e. The Labute approximate surface area is 225 Å². The minimum atomic E-state index is -0.320.